The van der Waals surface area contributed by atoms with E-state index in [4.69, 9.17) is 0 Å². The van der Waals surface area contributed by atoms with Crippen LogP contribution >= 0.6 is 11.8 Å². The van der Waals surface area contributed by atoms with Crippen molar-refractivity contribution >= 4 is 11.8 Å². The molecule has 1 fully saturated rings. The van der Waals surface area contributed by atoms with Crippen molar-refractivity contribution in [1.82, 2.24) is 5.32 Å². The molecule has 0 aliphatic heterocycles. The van der Waals surface area contributed by atoms with Crippen LogP contribution in [0.3, 0.4) is 0 Å². The van der Waals surface area contributed by atoms with E-state index in [9.17, 15) is 13.2 Å². The monoisotopic (exact) mass is 297 g/mol. The summed E-state index contributed by atoms with van der Waals surface area (Å²) in [6.45, 7) is 7.32. The van der Waals surface area contributed by atoms with Gasteiger partial charge in [0.05, 0.1) is 0 Å². The Hall–Kier alpha value is 0.100. The van der Waals surface area contributed by atoms with E-state index in [2.05, 4.69) is 26.1 Å². The number of nitrogens with one attached hydrogen (secondary N) is 1. The van der Waals surface area contributed by atoms with Crippen LogP contribution in [0.25, 0.3) is 0 Å². The van der Waals surface area contributed by atoms with Crippen LogP contribution in [0.15, 0.2) is 0 Å². The smallest absolute Gasteiger partial charge is 0.312 e. The second-order valence-electron chi connectivity index (χ2n) is 6.52. The van der Waals surface area contributed by atoms with Gasteiger partial charge in [-0.25, -0.2) is 0 Å². The zero-order valence-electron chi connectivity index (χ0n) is 12.1. The first-order valence-corrected chi connectivity index (χ1v) is 8.12. The van der Waals surface area contributed by atoms with Gasteiger partial charge in [0.25, 0.3) is 0 Å². The third-order valence-corrected chi connectivity index (χ3v) is 4.48. The molecule has 1 nitrogen and oxygen atoms in total. The lowest BCUT2D eigenvalue weighted by Crippen LogP contribution is -2.41. The second kappa shape index (κ2) is 7.21. The van der Waals surface area contributed by atoms with Crippen LogP contribution < -0.4 is 5.32 Å². The lowest BCUT2D eigenvalue weighted by molar-refractivity contribution is -0.0328. The Morgan fingerprint density at radius 1 is 1.05 bits per heavy atom. The standard InChI is InChI=1S/C14H26F3NS/c1-13(2,3)18-10-12-7-5-4-6-11(12)8-9-19-14(15,16)17/h11-12,18H,4-10H2,1-3H3. The molecular formula is C14H26F3NS. The van der Waals surface area contributed by atoms with E-state index in [0.717, 1.165) is 19.4 Å². The van der Waals surface area contributed by atoms with E-state index in [0.29, 0.717) is 18.3 Å². The fraction of sp³-hybridized carbons (Fsp3) is 1.00. The van der Waals surface area contributed by atoms with Crippen LogP contribution in [0.4, 0.5) is 13.2 Å². The Bertz CT molecular complexity index is 260. The maximum Gasteiger partial charge on any atom is 0.441 e. The molecule has 0 aromatic carbocycles. The van der Waals surface area contributed by atoms with Crippen molar-refractivity contribution in [2.45, 2.75) is 63.9 Å². The quantitative estimate of drug-likeness (QED) is 0.780. The lowest BCUT2D eigenvalue weighted by atomic mass is 9.77. The van der Waals surface area contributed by atoms with Gasteiger partial charge >= 0.3 is 5.51 Å². The third-order valence-electron chi connectivity index (χ3n) is 3.72. The van der Waals surface area contributed by atoms with Gasteiger partial charge in [0.1, 0.15) is 0 Å². The van der Waals surface area contributed by atoms with Crippen LogP contribution in [0.5, 0.6) is 0 Å². The van der Waals surface area contributed by atoms with Gasteiger partial charge in [-0.3, -0.25) is 0 Å². The fourth-order valence-electron chi connectivity index (χ4n) is 2.70. The van der Waals surface area contributed by atoms with Gasteiger partial charge in [-0.15, -0.1) is 0 Å². The van der Waals surface area contributed by atoms with Crippen molar-refractivity contribution < 1.29 is 13.2 Å². The van der Waals surface area contributed by atoms with Crippen molar-refractivity contribution in [2.24, 2.45) is 11.8 Å². The van der Waals surface area contributed by atoms with Crippen LogP contribution in [-0.4, -0.2) is 23.3 Å². The number of hydrogen-bond donors (Lipinski definition) is 1. The van der Waals surface area contributed by atoms with Gasteiger partial charge in [0.15, 0.2) is 0 Å². The molecule has 1 N–H and O–H groups in total. The highest BCUT2D eigenvalue weighted by Crippen LogP contribution is 2.36. The Labute approximate surface area is 119 Å². The summed E-state index contributed by atoms with van der Waals surface area (Å²) in [6.07, 6.45) is 5.34. The van der Waals surface area contributed by atoms with Gasteiger partial charge in [-0.05, 0) is 52.0 Å². The van der Waals surface area contributed by atoms with Crippen molar-refractivity contribution in [2.75, 3.05) is 12.3 Å². The molecule has 19 heavy (non-hydrogen) atoms. The molecule has 1 rings (SSSR count). The maximum atomic E-state index is 12.2. The first-order chi connectivity index (χ1) is 8.67. The topological polar surface area (TPSA) is 12.0 Å². The summed E-state index contributed by atoms with van der Waals surface area (Å²) in [4.78, 5) is 0. The lowest BCUT2D eigenvalue weighted by Gasteiger charge is -2.34. The highest BCUT2D eigenvalue weighted by Gasteiger charge is 2.30. The minimum absolute atomic E-state index is 0.0860. The summed E-state index contributed by atoms with van der Waals surface area (Å²) in [5, 5.41) is 3.50. The molecule has 1 aliphatic carbocycles. The predicted molar refractivity (Wildman–Crippen MR) is 76.3 cm³/mol. The summed E-state index contributed by atoms with van der Waals surface area (Å²) >= 11 is 0.132. The molecule has 0 radical (unpaired) electrons. The molecule has 5 heteroatoms. The van der Waals surface area contributed by atoms with Crippen molar-refractivity contribution in [3.8, 4) is 0 Å². The Morgan fingerprint density at radius 2 is 1.63 bits per heavy atom. The maximum absolute atomic E-state index is 12.2. The molecule has 0 amide bonds. The predicted octanol–water partition coefficient (Wildman–Crippen LogP) is 4.82. The van der Waals surface area contributed by atoms with Gasteiger partial charge in [-0.2, -0.15) is 13.2 Å². The summed E-state index contributed by atoms with van der Waals surface area (Å²) in [5.74, 6) is 1.21. The minimum atomic E-state index is -4.08. The van der Waals surface area contributed by atoms with Crippen LogP contribution in [0, 0.1) is 11.8 Å². The Morgan fingerprint density at radius 3 is 2.16 bits per heavy atom. The molecule has 0 aromatic heterocycles. The molecule has 0 aromatic rings. The molecule has 2 atom stereocenters. The van der Waals surface area contributed by atoms with E-state index < -0.39 is 5.51 Å². The van der Waals surface area contributed by atoms with E-state index >= 15 is 0 Å². The molecular weight excluding hydrogens is 271 g/mol. The van der Waals surface area contributed by atoms with Crippen molar-refractivity contribution in [1.29, 1.82) is 0 Å². The van der Waals surface area contributed by atoms with E-state index in [1.54, 1.807) is 0 Å². The molecule has 0 spiro atoms. The average Bonchev–Trinajstić information content (AvgIpc) is 2.25. The first-order valence-electron chi connectivity index (χ1n) is 7.13. The van der Waals surface area contributed by atoms with E-state index in [-0.39, 0.29) is 23.1 Å². The number of rotatable bonds is 5. The van der Waals surface area contributed by atoms with Gasteiger partial charge in [-0.1, -0.05) is 31.0 Å². The van der Waals surface area contributed by atoms with E-state index in [1.165, 1.54) is 12.8 Å². The zero-order chi connectivity index (χ0) is 14.5. The molecule has 2 unspecified atom stereocenters. The van der Waals surface area contributed by atoms with Crippen LogP contribution in [0.2, 0.25) is 0 Å². The summed E-state index contributed by atoms with van der Waals surface area (Å²) in [6, 6.07) is 0. The molecule has 114 valence electrons. The van der Waals surface area contributed by atoms with Gasteiger partial charge in [0, 0.05) is 11.3 Å². The highest BCUT2D eigenvalue weighted by molar-refractivity contribution is 8.00. The molecule has 1 aliphatic rings. The Kier molecular flexibility index (Phi) is 6.51. The van der Waals surface area contributed by atoms with Gasteiger partial charge in [0.2, 0.25) is 0 Å². The zero-order valence-corrected chi connectivity index (χ0v) is 13.0. The number of hydrogen-bond acceptors (Lipinski definition) is 2. The molecule has 1 saturated carbocycles. The fourth-order valence-corrected chi connectivity index (χ4v) is 3.35. The normalized spacial score (nSPS) is 25.6. The van der Waals surface area contributed by atoms with Crippen LogP contribution in [-0.2, 0) is 0 Å². The first kappa shape index (κ1) is 17.2. The number of thioether (sulfide) groups is 1. The minimum Gasteiger partial charge on any atom is -0.312 e. The number of alkyl halides is 3. The van der Waals surface area contributed by atoms with Crippen LogP contribution in [0.1, 0.15) is 52.9 Å². The third kappa shape index (κ3) is 8.08. The Balaban J connectivity index is 2.35. The second-order valence-corrected chi connectivity index (χ2v) is 7.68. The number of halogens is 3. The van der Waals surface area contributed by atoms with Crippen molar-refractivity contribution in [3.05, 3.63) is 0 Å². The highest BCUT2D eigenvalue weighted by atomic mass is 32.2. The molecule has 0 bridgehead atoms. The largest absolute Gasteiger partial charge is 0.441 e. The van der Waals surface area contributed by atoms with Gasteiger partial charge < -0.3 is 5.32 Å². The summed E-state index contributed by atoms with van der Waals surface area (Å²) < 4.78 is 36.5. The summed E-state index contributed by atoms with van der Waals surface area (Å²) in [7, 11) is 0. The van der Waals surface area contributed by atoms with Crippen molar-refractivity contribution in [3.63, 3.8) is 0 Å². The average molecular weight is 297 g/mol. The van der Waals surface area contributed by atoms with E-state index in [1.807, 2.05) is 0 Å². The summed E-state index contributed by atoms with van der Waals surface area (Å²) in [5.41, 5.74) is -3.99. The molecule has 0 heterocycles. The SMILES string of the molecule is CC(C)(C)NCC1CCCCC1CCSC(F)(F)F. The molecule has 0 saturated heterocycles.